The molecule has 1 saturated carbocycles. The molecule has 1 N–H and O–H groups in total. The van der Waals surface area contributed by atoms with E-state index >= 15 is 0 Å². The second-order valence-corrected chi connectivity index (χ2v) is 17.5. The predicted octanol–water partition coefficient (Wildman–Crippen LogP) is 13.9. The summed E-state index contributed by atoms with van der Waals surface area (Å²) in [7, 11) is 0. The number of rotatable bonds is 12. The van der Waals surface area contributed by atoms with Crippen LogP contribution in [-0.2, 0) is 19.9 Å². The quantitative estimate of drug-likeness (QED) is 0.101. The third-order valence-corrected chi connectivity index (χ3v) is 12.8. The minimum absolute atomic E-state index is 0.0401. The number of esters is 1. The van der Waals surface area contributed by atoms with Gasteiger partial charge in [-0.1, -0.05) is 205 Å². The number of ether oxygens (including phenoxy) is 2. The van der Waals surface area contributed by atoms with Crippen LogP contribution in [0.4, 0.5) is 4.79 Å². The summed E-state index contributed by atoms with van der Waals surface area (Å²) in [6.07, 6.45) is 14.2. The zero-order chi connectivity index (χ0) is 41.0. The fourth-order valence-electron chi connectivity index (χ4n) is 9.54. The van der Waals surface area contributed by atoms with E-state index in [1.165, 1.54) is 87.3 Å². The fraction of sp³-hybridized carbons (Fsp3) is 0.396. The van der Waals surface area contributed by atoms with Crippen LogP contribution >= 0.6 is 11.6 Å². The van der Waals surface area contributed by atoms with Crippen LogP contribution in [0.3, 0.4) is 0 Å². The number of fused-ring (bicyclic) bond motifs is 3. The molecule has 2 aliphatic rings. The summed E-state index contributed by atoms with van der Waals surface area (Å²) in [4.78, 5) is 28.1. The molecule has 2 aliphatic carbocycles. The zero-order valence-electron chi connectivity index (χ0n) is 34.8. The lowest BCUT2D eigenvalue weighted by Crippen LogP contribution is -2.41. The van der Waals surface area contributed by atoms with E-state index < -0.39 is 23.7 Å². The number of carbonyl (C=O) groups is 2. The molecule has 0 heterocycles. The van der Waals surface area contributed by atoms with Crippen molar-refractivity contribution in [2.45, 2.75) is 121 Å². The Bertz CT molecular complexity index is 2070. The first-order valence-electron chi connectivity index (χ1n) is 22.1. The average Bonchev–Trinajstić information content (AvgIpc) is 3.56. The Hall–Kier alpha value is -4.87. The minimum Gasteiger partial charge on any atom is -0.449 e. The molecule has 59 heavy (non-hydrogen) atoms. The summed E-state index contributed by atoms with van der Waals surface area (Å²) in [5.74, 6) is 0.192. The number of hydrogen-bond acceptors (Lipinski definition) is 4. The maximum Gasteiger partial charge on any atom is 0.407 e. The zero-order valence-corrected chi connectivity index (χ0v) is 35.6. The van der Waals surface area contributed by atoms with Crippen LogP contribution in [0.5, 0.6) is 0 Å². The van der Waals surface area contributed by atoms with Crippen molar-refractivity contribution >= 4 is 23.7 Å². The van der Waals surface area contributed by atoms with E-state index in [2.05, 4.69) is 67.7 Å². The predicted molar refractivity (Wildman–Crippen MR) is 240 cm³/mol. The van der Waals surface area contributed by atoms with Crippen molar-refractivity contribution in [3.05, 3.63) is 166 Å². The Balaban J connectivity index is 1.13. The first kappa shape index (κ1) is 42.3. The van der Waals surface area contributed by atoms with Gasteiger partial charge in [-0.2, -0.15) is 0 Å². The first-order valence-corrected chi connectivity index (χ1v) is 22.5. The molecule has 2 atom stereocenters. The molecule has 1 unspecified atom stereocenters. The molecule has 5 aromatic rings. The largest absolute Gasteiger partial charge is 0.449 e. The highest BCUT2D eigenvalue weighted by molar-refractivity contribution is 6.31. The number of halogens is 1. The molecule has 7 rings (SSSR count). The Morgan fingerprint density at radius 3 is 1.78 bits per heavy atom. The van der Waals surface area contributed by atoms with Crippen LogP contribution in [0, 0.1) is 5.92 Å². The number of benzene rings is 5. The van der Waals surface area contributed by atoms with E-state index in [0.717, 1.165) is 22.3 Å². The standard InChI is InChI=1S/C53H60ClNO4/c1-38(2)35-43(55-52(57)58-37-48-46-27-17-15-25-44(46)45-26-16-18-28-47(45)48)36-51(56)59-53(41-23-13-10-14-24-41,49-29-19-20-30-50(49)54)42-33-31-40(32-34-42)39-21-11-8-6-4-3-5-7-9-12-22-39/h10,13-20,23-34,38-39,43,48H,3-9,11-12,21-22,35-37H2,1-2H3,(H,55,57)/t43-,53?/m1/s1. The number of hydrogen-bond donors (Lipinski definition) is 1. The first-order chi connectivity index (χ1) is 28.8. The van der Waals surface area contributed by atoms with Crippen LogP contribution in [0.25, 0.3) is 11.1 Å². The molecule has 1 fully saturated rings. The van der Waals surface area contributed by atoms with Gasteiger partial charge in [-0.25, -0.2) is 4.79 Å². The van der Waals surface area contributed by atoms with Gasteiger partial charge in [0.15, 0.2) is 5.60 Å². The maximum absolute atomic E-state index is 14.5. The van der Waals surface area contributed by atoms with E-state index in [4.69, 9.17) is 21.1 Å². The molecule has 1 amide bonds. The Morgan fingerprint density at radius 2 is 1.19 bits per heavy atom. The second-order valence-electron chi connectivity index (χ2n) is 17.1. The molecular weight excluding hydrogens is 750 g/mol. The lowest BCUT2D eigenvalue weighted by molar-refractivity contribution is -0.154. The molecule has 0 spiro atoms. The van der Waals surface area contributed by atoms with Crippen LogP contribution < -0.4 is 5.32 Å². The number of amides is 1. The molecule has 5 aromatic carbocycles. The fourth-order valence-corrected chi connectivity index (χ4v) is 9.81. The van der Waals surface area contributed by atoms with E-state index in [0.29, 0.717) is 22.9 Å². The van der Waals surface area contributed by atoms with Crippen molar-refractivity contribution in [3.63, 3.8) is 0 Å². The highest BCUT2D eigenvalue weighted by Crippen LogP contribution is 2.46. The average molecular weight is 811 g/mol. The Labute approximate surface area is 356 Å². The Kier molecular flexibility index (Phi) is 14.6. The van der Waals surface area contributed by atoms with Crippen molar-refractivity contribution in [1.82, 2.24) is 5.32 Å². The topological polar surface area (TPSA) is 64.6 Å². The minimum atomic E-state index is -1.34. The van der Waals surface area contributed by atoms with Crippen molar-refractivity contribution in [1.29, 1.82) is 0 Å². The van der Waals surface area contributed by atoms with Crippen LogP contribution in [0.1, 0.15) is 143 Å². The molecule has 0 bridgehead atoms. The van der Waals surface area contributed by atoms with Crippen LogP contribution in [0.15, 0.2) is 127 Å². The van der Waals surface area contributed by atoms with Crippen molar-refractivity contribution < 1.29 is 19.1 Å². The number of alkyl carbamates (subject to hydrolysis) is 1. The van der Waals surface area contributed by atoms with Gasteiger partial charge in [0.05, 0.1) is 6.42 Å². The third-order valence-electron chi connectivity index (χ3n) is 12.4. The molecule has 0 saturated heterocycles. The van der Waals surface area contributed by atoms with Gasteiger partial charge >= 0.3 is 12.1 Å². The summed E-state index contributed by atoms with van der Waals surface area (Å²) in [6.45, 7) is 4.36. The van der Waals surface area contributed by atoms with Crippen molar-refractivity contribution in [2.24, 2.45) is 5.92 Å². The molecule has 6 heteroatoms. The van der Waals surface area contributed by atoms with Gasteiger partial charge in [0, 0.05) is 33.7 Å². The van der Waals surface area contributed by atoms with Gasteiger partial charge in [-0.15, -0.1) is 0 Å². The molecule has 0 radical (unpaired) electrons. The monoisotopic (exact) mass is 809 g/mol. The Morgan fingerprint density at radius 1 is 0.661 bits per heavy atom. The summed E-state index contributed by atoms with van der Waals surface area (Å²) < 4.78 is 12.8. The molecular formula is C53H60ClNO4. The summed E-state index contributed by atoms with van der Waals surface area (Å²) in [6, 6.07) is 42.3. The lowest BCUT2D eigenvalue weighted by Gasteiger charge is -2.36. The second kappa shape index (κ2) is 20.4. The van der Waals surface area contributed by atoms with E-state index in [1.54, 1.807) is 0 Å². The van der Waals surface area contributed by atoms with Gasteiger partial charge in [0.25, 0.3) is 0 Å². The van der Waals surface area contributed by atoms with Gasteiger partial charge in [-0.05, 0) is 65.0 Å². The van der Waals surface area contributed by atoms with Gasteiger partial charge < -0.3 is 14.8 Å². The maximum atomic E-state index is 14.5. The molecule has 308 valence electrons. The molecule has 0 aliphatic heterocycles. The van der Waals surface area contributed by atoms with E-state index in [1.807, 2.05) is 78.9 Å². The highest BCUT2D eigenvalue weighted by atomic mass is 35.5. The SMILES string of the molecule is CC(C)C[C@H](CC(=O)OC(c1ccccc1)(c1ccc(C2CCCCCCCCCCC2)cc1)c1ccccc1Cl)NC(=O)OCC1c2ccccc2-c2ccccc21. The van der Waals surface area contributed by atoms with Crippen molar-refractivity contribution in [2.75, 3.05) is 6.61 Å². The molecule has 5 nitrogen and oxygen atoms in total. The summed E-state index contributed by atoms with van der Waals surface area (Å²) in [5.41, 5.74) is 6.94. The van der Waals surface area contributed by atoms with Gasteiger partial charge in [0.2, 0.25) is 0 Å². The lowest BCUT2D eigenvalue weighted by atomic mass is 9.78. The molecule has 0 aromatic heterocycles. The number of nitrogens with one attached hydrogen (secondary N) is 1. The normalized spacial score (nSPS) is 16.7. The summed E-state index contributed by atoms with van der Waals surface area (Å²) in [5, 5.41) is 3.55. The van der Waals surface area contributed by atoms with E-state index in [9.17, 15) is 9.59 Å². The van der Waals surface area contributed by atoms with Crippen LogP contribution in [-0.4, -0.2) is 24.7 Å². The van der Waals surface area contributed by atoms with E-state index in [-0.39, 0.29) is 24.9 Å². The van der Waals surface area contributed by atoms with Crippen molar-refractivity contribution in [3.8, 4) is 11.1 Å². The van der Waals surface area contributed by atoms with Gasteiger partial charge in [-0.3, -0.25) is 4.79 Å². The smallest absolute Gasteiger partial charge is 0.407 e. The third kappa shape index (κ3) is 10.3. The summed E-state index contributed by atoms with van der Waals surface area (Å²) >= 11 is 7.06. The number of carbonyl (C=O) groups excluding carboxylic acids is 2. The highest BCUT2D eigenvalue weighted by Gasteiger charge is 2.43. The van der Waals surface area contributed by atoms with Gasteiger partial charge in [0.1, 0.15) is 6.61 Å². The van der Waals surface area contributed by atoms with Crippen LogP contribution in [0.2, 0.25) is 5.02 Å².